The van der Waals surface area contributed by atoms with Gasteiger partial charge in [-0.3, -0.25) is 4.57 Å². The number of hydrogen-bond acceptors (Lipinski definition) is 4. The van der Waals surface area contributed by atoms with Gasteiger partial charge in [-0.25, -0.2) is 14.8 Å². The van der Waals surface area contributed by atoms with Crippen molar-refractivity contribution >= 4 is 45.4 Å². The number of nitrogens with one attached hydrogen (secondary N) is 1. The quantitative estimate of drug-likeness (QED) is 0.523. The van der Waals surface area contributed by atoms with Gasteiger partial charge < -0.3 is 15.6 Å². The van der Waals surface area contributed by atoms with Gasteiger partial charge in [-0.15, -0.1) is 0 Å². The van der Waals surface area contributed by atoms with E-state index in [4.69, 9.17) is 17.3 Å². The van der Waals surface area contributed by atoms with Crippen LogP contribution in [0, 0.1) is 0 Å². The molecule has 1 aliphatic heterocycles. The van der Waals surface area contributed by atoms with Gasteiger partial charge in [0.15, 0.2) is 0 Å². The zero-order valence-corrected chi connectivity index (χ0v) is 15.6. The molecule has 0 radical (unpaired) electrons. The lowest BCUT2D eigenvalue weighted by Crippen LogP contribution is -2.27. The zero-order chi connectivity index (χ0) is 18.9. The number of benzene rings is 1. The van der Waals surface area contributed by atoms with Crippen LogP contribution in [0.1, 0.15) is 25.6 Å². The van der Waals surface area contributed by atoms with Crippen LogP contribution >= 0.6 is 11.6 Å². The Hall–Kier alpha value is -3.06. The van der Waals surface area contributed by atoms with Gasteiger partial charge in [0.05, 0.1) is 23.1 Å². The van der Waals surface area contributed by atoms with Gasteiger partial charge in [0.1, 0.15) is 17.8 Å². The van der Waals surface area contributed by atoms with Crippen LogP contribution in [-0.4, -0.2) is 25.1 Å². The topological polar surface area (TPSA) is 90.8 Å². The predicted octanol–water partition coefficient (Wildman–Crippen LogP) is 3.94. The highest BCUT2D eigenvalue weighted by Gasteiger charge is 2.30. The molecule has 0 atom stereocenters. The minimum absolute atomic E-state index is 0.146. The van der Waals surface area contributed by atoms with E-state index in [0.717, 1.165) is 38.9 Å². The summed E-state index contributed by atoms with van der Waals surface area (Å²) in [5, 5.41) is 5.28. The molecule has 7 nitrogen and oxygen atoms in total. The fourth-order valence-corrected chi connectivity index (χ4v) is 4.19. The molecule has 136 valence electrons. The van der Waals surface area contributed by atoms with Crippen molar-refractivity contribution in [1.29, 1.82) is 0 Å². The molecule has 0 fully saturated rings. The Labute approximate surface area is 159 Å². The molecule has 27 heavy (non-hydrogen) atoms. The number of carbonyl (C=O) groups is 1. The van der Waals surface area contributed by atoms with E-state index in [1.807, 2.05) is 18.2 Å². The van der Waals surface area contributed by atoms with Crippen molar-refractivity contribution in [1.82, 2.24) is 24.4 Å². The Morgan fingerprint density at radius 1 is 1.26 bits per heavy atom. The summed E-state index contributed by atoms with van der Waals surface area (Å²) in [4.78, 5) is 21.6. The van der Waals surface area contributed by atoms with Gasteiger partial charge in [-0.1, -0.05) is 17.7 Å². The largest absolute Gasteiger partial charge is 0.383 e. The molecule has 0 unspecified atom stereocenters. The number of halogens is 1. The molecule has 0 saturated carbocycles. The summed E-state index contributed by atoms with van der Waals surface area (Å²) in [6.07, 6.45) is 1.48. The van der Waals surface area contributed by atoms with Crippen molar-refractivity contribution < 1.29 is 4.79 Å². The first-order chi connectivity index (χ1) is 13.0. The molecule has 5 rings (SSSR count). The third-order valence-electron chi connectivity index (χ3n) is 5.06. The molecule has 1 amide bonds. The maximum atomic E-state index is 12.9. The summed E-state index contributed by atoms with van der Waals surface area (Å²) in [7, 11) is 0. The smallest absolute Gasteiger partial charge is 0.326 e. The SMILES string of the molecule is CC(C)n1c2c(c3c(N)ncnc31)-c1cc3ccc(Cl)cc3n1C(=O)NC2. The Morgan fingerprint density at radius 3 is 2.85 bits per heavy atom. The van der Waals surface area contributed by atoms with Crippen molar-refractivity contribution in [3.63, 3.8) is 0 Å². The molecule has 0 aliphatic carbocycles. The predicted molar refractivity (Wildman–Crippen MR) is 106 cm³/mol. The fraction of sp³-hybridized carbons (Fsp3) is 0.211. The van der Waals surface area contributed by atoms with Crippen LogP contribution in [0.15, 0.2) is 30.6 Å². The average molecular weight is 381 g/mol. The van der Waals surface area contributed by atoms with Crippen LogP contribution < -0.4 is 11.1 Å². The summed E-state index contributed by atoms with van der Waals surface area (Å²) in [6.45, 7) is 4.55. The van der Waals surface area contributed by atoms with E-state index in [1.54, 1.807) is 10.6 Å². The number of hydrogen-bond donors (Lipinski definition) is 2. The number of nitrogens with zero attached hydrogens (tertiary/aromatic N) is 4. The minimum atomic E-state index is -0.197. The van der Waals surface area contributed by atoms with E-state index in [0.29, 0.717) is 17.4 Å². The highest BCUT2D eigenvalue weighted by atomic mass is 35.5. The van der Waals surface area contributed by atoms with Gasteiger partial charge in [-0.2, -0.15) is 0 Å². The summed E-state index contributed by atoms with van der Waals surface area (Å²) in [5.74, 6) is 0.403. The highest BCUT2D eigenvalue weighted by Crippen LogP contribution is 2.41. The van der Waals surface area contributed by atoms with Gasteiger partial charge in [0.25, 0.3) is 0 Å². The van der Waals surface area contributed by atoms with Crippen LogP contribution in [0.3, 0.4) is 0 Å². The van der Waals surface area contributed by atoms with Crippen molar-refractivity contribution in [3.8, 4) is 11.3 Å². The molecule has 4 heterocycles. The molecule has 3 N–H and O–H groups in total. The zero-order valence-electron chi connectivity index (χ0n) is 14.8. The molecule has 0 saturated heterocycles. The maximum absolute atomic E-state index is 12.9. The van der Waals surface area contributed by atoms with E-state index in [1.165, 1.54) is 6.33 Å². The summed E-state index contributed by atoms with van der Waals surface area (Å²) < 4.78 is 3.77. The van der Waals surface area contributed by atoms with Gasteiger partial charge in [0.2, 0.25) is 0 Å². The van der Waals surface area contributed by atoms with E-state index >= 15 is 0 Å². The fourth-order valence-electron chi connectivity index (χ4n) is 4.03. The first-order valence-corrected chi connectivity index (χ1v) is 9.08. The van der Waals surface area contributed by atoms with Crippen molar-refractivity contribution in [2.45, 2.75) is 26.4 Å². The van der Waals surface area contributed by atoms with E-state index in [9.17, 15) is 4.79 Å². The summed E-state index contributed by atoms with van der Waals surface area (Å²) >= 11 is 6.18. The van der Waals surface area contributed by atoms with Crippen molar-refractivity contribution in [2.75, 3.05) is 5.73 Å². The Balaban J connectivity index is 2.00. The first-order valence-electron chi connectivity index (χ1n) is 8.70. The van der Waals surface area contributed by atoms with Crippen molar-refractivity contribution in [3.05, 3.63) is 41.3 Å². The summed E-state index contributed by atoms with van der Waals surface area (Å²) in [6, 6.07) is 7.47. The number of anilines is 1. The number of nitrogen functional groups attached to an aromatic ring is 1. The third-order valence-corrected chi connectivity index (χ3v) is 5.30. The second kappa shape index (κ2) is 5.47. The Bertz CT molecular complexity index is 1250. The van der Waals surface area contributed by atoms with E-state index in [-0.39, 0.29) is 12.1 Å². The Kier molecular flexibility index (Phi) is 3.27. The lowest BCUT2D eigenvalue weighted by molar-refractivity contribution is 0.243. The number of nitrogens with two attached hydrogens (primary N) is 1. The van der Waals surface area contributed by atoms with Gasteiger partial charge >= 0.3 is 6.03 Å². The number of amides is 1. The Morgan fingerprint density at radius 2 is 2.07 bits per heavy atom. The molecule has 8 heteroatoms. The van der Waals surface area contributed by atoms with Gasteiger partial charge in [0, 0.05) is 27.7 Å². The summed E-state index contributed by atoms with van der Waals surface area (Å²) in [5.41, 5.74) is 10.4. The first kappa shape index (κ1) is 16.1. The lowest BCUT2D eigenvalue weighted by Gasteiger charge is -2.14. The molecule has 3 aromatic heterocycles. The standard InChI is InChI=1S/C19H17ClN6O/c1-9(2)25-14-7-22-19(27)26-12-6-11(20)4-3-10(12)5-13(26)15(14)16-17(21)23-8-24-18(16)25/h3-6,8-9H,7H2,1-2H3,(H,22,27)(H2,21,23,24). The molecule has 1 aromatic carbocycles. The van der Waals surface area contributed by atoms with Crippen molar-refractivity contribution in [2.24, 2.45) is 0 Å². The molecule has 0 spiro atoms. The number of rotatable bonds is 1. The molecule has 4 aromatic rings. The molecular weight excluding hydrogens is 364 g/mol. The van der Waals surface area contributed by atoms with Crippen LogP contribution in [0.2, 0.25) is 5.02 Å². The van der Waals surface area contributed by atoms with E-state index < -0.39 is 0 Å². The average Bonchev–Trinajstić information content (AvgIpc) is 3.11. The molecule has 0 bridgehead atoms. The lowest BCUT2D eigenvalue weighted by atomic mass is 10.1. The second-order valence-corrected chi connectivity index (χ2v) is 7.41. The molecule has 1 aliphatic rings. The third kappa shape index (κ3) is 2.12. The highest BCUT2D eigenvalue weighted by molar-refractivity contribution is 6.31. The number of fused-ring (bicyclic) bond motifs is 7. The minimum Gasteiger partial charge on any atom is -0.383 e. The van der Waals surface area contributed by atoms with Gasteiger partial charge in [-0.05, 0) is 32.0 Å². The van der Waals surface area contributed by atoms with Crippen LogP contribution in [0.5, 0.6) is 0 Å². The normalized spacial score (nSPS) is 13.7. The number of aromatic nitrogens is 4. The van der Waals surface area contributed by atoms with Crippen LogP contribution in [0.25, 0.3) is 33.2 Å². The number of carbonyl (C=O) groups excluding carboxylic acids is 1. The molecular formula is C19H17ClN6O. The van der Waals surface area contributed by atoms with Crippen LogP contribution in [0.4, 0.5) is 10.6 Å². The maximum Gasteiger partial charge on any atom is 0.326 e. The second-order valence-electron chi connectivity index (χ2n) is 6.97. The van der Waals surface area contributed by atoms with Crippen LogP contribution in [-0.2, 0) is 6.54 Å². The monoisotopic (exact) mass is 380 g/mol. The van der Waals surface area contributed by atoms with E-state index in [2.05, 4.69) is 33.7 Å².